The van der Waals surface area contributed by atoms with Crippen molar-refractivity contribution in [1.29, 1.82) is 0 Å². The first-order valence-corrected chi connectivity index (χ1v) is 7.37. The summed E-state index contributed by atoms with van der Waals surface area (Å²) in [6.45, 7) is 3.26. The Bertz CT molecular complexity index is 614. The number of ether oxygens (including phenoxy) is 1. The van der Waals surface area contributed by atoms with Crippen LogP contribution in [0, 0.1) is 0 Å². The third-order valence-corrected chi connectivity index (χ3v) is 2.99. The van der Waals surface area contributed by atoms with Crippen LogP contribution in [0.4, 0.5) is 0 Å². The lowest BCUT2D eigenvalue weighted by Crippen LogP contribution is -2.31. The summed E-state index contributed by atoms with van der Waals surface area (Å²) in [7, 11) is 0. The maximum atomic E-state index is 5.40. The number of nitrogens with zero attached hydrogens (tertiary/aromatic N) is 2. The summed E-state index contributed by atoms with van der Waals surface area (Å²) in [4.78, 5) is 4.00. The standard InChI is InChI=1S/C16H18N4OS/c1-2-21-15-7-5-13(6-8-15)11-18-16(22)20-19-12-14-4-3-9-17-10-14/h3-10,12H,2,11H2,1H3,(H2,18,20,22)/b19-12+. The Hall–Kier alpha value is -2.47. The molecule has 2 N–H and O–H groups in total. The van der Waals surface area contributed by atoms with Crippen molar-refractivity contribution in [2.75, 3.05) is 6.61 Å². The molecule has 0 saturated carbocycles. The molecule has 0 fully saturated rings. The summed E-state index contributed by atoms with van der Waals surface area (Å²) in [6, 6.07) is 11.6. The Labute approximate surface area is 135 Å². The van der Waals surface area contributed by atoms with Gasteiger partial charge in [-0.05, 0) is 42.9 Å². The summed E-state index contributed by atoms with van der Waals surface area (Å²) >= 11 is 5.16. The zero-order valence-electron chi connectivity index (χ0n) is 12.3. The van der Waals surface area contributed by atoms with Crippen molar-refractivity contribution in [1.82, 2.24) is 15.7 Å². The summed E-state index contributed by atoms with van der Waals surface area (Å²) in [6.07, 6.45) is 5.10. The first-order valence-electron chi connectivity index (χ1n) is 6.96. The van der Waals surface area contributed by atoms with Crippen LogP contribution in [-0.4, -0.2) is 22.9 Å². The normalized spacial score (nSPS) is 10.4. The van der Waals surface area contributed by atoms with Crippen molar-refractivity contribution in [2.24, 2.45) is 5.10 Å². The van der Waals surface area contributed by atoms with E-state index >= 15 is 0 Å². The number of pyridine rings is 1. The van der Waals surface area contributed by atoms with Gasteiger partial charge in [-0.15, -0.1) is 0 Å². The lowest BCUT2D eigenvalue weighted by atomic mass is 10.2. The van der Waals surface area contributed by atoms with Crippen molar-refractivity contribution in [3.8, 4) is 5.75 Å². The van der Waals surface area contributed by atoms with Gasteiger partial charge in [0.1, 0.15) is 5.75 Å². The van der Waals surface area contributed by atoms with E-state index in [1.807, 2.05) is 43.3 Å². The fraction of sp³-hybridized carbons (Fsp3) is 0.188. The Morgan fingerprint density at radius 2 is 2.14 bits per heavy atom. The molecule has 0 unspecified atom stereocenters. The highest BCUT2D eigenvalue weighted by molar-refractivity contribution is 7.80. The maximum absolute atomic E-state index is 5.40. The van der Waals surface area contributed by atoms with Crippen LogP contribution in [0.25, 0.3) is 0 Å². The number of rotatable bonds is 6. The minimum atomic E-state index is 0.467. The van der Waals surface area contributed by atoms with Crippen LogP contribution in [0.1, 0.15) is 18.1 Å². The van der Waals surface area contributed by atoms with Gasteiger partial charge in [0.2, 0.25) is 0 Å². The van der Waals surface area contributed by atoms with E-state index in [2.05, 4.69) is 20.8 Å². The zero-order valence-corrected chi connectivity index (χ0v) is 13.1. The Morgan fingerprint density at radius 3 is 2.82 bits per heavy atom. The molecule has 0 radical (unpaired) electrons. The SMILES string of the molecule is CCOc1ccc(CNC(=S)N/N=C/c2cccnc2)cc1. The van der Waals surface area contributed by atoms with E-state index < -0.39 is 0 Å². The highest BCUT2D eigenvalue weighted by Crippen LogP contribution is 2.11. The average molecular weight is 314 g/mol. The second kappa shape index (κ2) is 8.74. The highest BCUT2D eigenvalue weighted by atomic mass is 32.1. The molecule has 0 aliphatic heterocycles. The molecular weight excluding hydrogens is 296 g/mol. The van der Waals surface area contributed by atoms with Crippen LogP contribution in [0.15, 0.2) is 53.9 Å². The number of aromatic nitrogens is 1. The number of thiocarbonyl (C=S) groups is 1. The fourth-order valence-corrected chi connectivity index (χ4v) is 1.83. The predicted octanol–water partition coefficient (Wildman–Crippen LogP) is 2.48. The van der Waals surface area contributed by atoms with Crippen LogP contribution >= 0.6 is 12.2 Å². The van der Waals surface area contributed by atoms with E-state index in [9.17, 15) is 0 Å². The van der Waals surface area contributed by atoms with Gasteiger partial charge in [0.05, 0.1) is 12.8 Å². The van der Waals surface area contributed by atoms with Crippen LogP contribution < -0.4 is 15.5 Å². The topological polar surface area (TPSA) is 58.5 Å². The van der Waals surface area contributed by atoms with Gasteiger partial charge in [0.25, 0.3) is 0 Å². The van der Waals surface area contributed by atoms with E-state index in [0.717, 1.165) is 16.9 Å². The second-order valence-electron chi connectivity index (χ2n) is 4.42. The Kier molecular flexibility index (Phi) is 6.32. The molecule has 5 nitrogen and oxygen atoms in total. The molecule has 1 heterocycles. The molecule has 0 aliphatic rings. The van der Waals surface area contributed by atoms with Gasteiger partial charge in [-0.3, -0.25) is 10.4 Å². The van der Waals surface area contributed by atoms with Gasteiger partial charge >= 0.3 is 0 Å². The third kappa shape index (κ3) is 5.49. The lowest BCUT2D eigenvalue weighted by molar-refractivity contribution is 0.340. The van der Waals surface area contributed by atoms with Crippen LogP contribution in [0.5, 0.6) is 5.75 Å². The highest BCUT2D eigenvalue weighted by Gasteiger charge is 1.97. The summed E-state index contributed by atoms with van der Waals surface area (Å²) in [5, 5.41) is 7.61. The molecule has 114 valence electrons. The van der Waals surface area contributed by atoms with Gasteiger partial charge in [0, 0.05) is 24.5 Å². The summed E-state index contributed by atoms with van der Waals surface area (Å²) < 4.78 is 5.40. The maximum Gasteiger partial charge on any atom is 0.187 e. The van der Waals surface area contributed by atoms with Crippen molar-refractivity contribution in [3.05, 3.63) is 59.9 Å². The van der Waals surface area contributed by atoms with Crippen LogP contribution in [0.2, 0.25) is 0 Å². The molecule has 1 aromatic heterocycles. The van der Waals surface area contributed by atoms with Crippen LogP contribution in [-0.2, 0) is 6.54 Å². The first kappa shape index (κ1) is 15.9. The summed E-state index contributed by atoms with van der Waals surface area (Å²) in [5.74, 6) is 0.869. The summed E-state index contributed by atoms with van der Waals surface area (Å²) in [5.41, 5.74) is 4.79. The largest absolute Gasteiger partial charge is 0.494 e. The fourth-order valence-electron chi connectivity index (χ4n) is 1.71. The van der Waals surface area contributed by atoms with Crippen molar-refractivity contribution in [3.63, 3.8) is 0 Å². The second-order valence-corrected chi connectivity index (χ2v) is 4.82. The minimum Gasteiger partial charge on any atom is -0.494 e. The van der Waals surface area contributed by atoms with Gasteiger partial charge in [0.15, 0.2) is 5.11 Å². The molecule has 0 saturated heterocycles. The monoisotopic (exact) mass is 314 g/mol. The van der Waals surface area contributed by atoms with Crippen molar-refractivity contribution in [2.45, 2.75) is 13.5 Å². The molecule has 2 aromatic rings. The van der Waals surface area contributed by atoms with Gasteiger partial charge in [-0.2, -0.15) is 5.10 Å². The van der Waals surface area contributed by atoms with Crippen molar-refractivity contribution >= 4 is 23.5 Å². The van der Waals surface area contributed by atoms with Crippen molar-refractivity contribution < 1.29 is 4.74 Å². The minimum absolute atomic E-state index is 0.467. The van der Waals surface area contributed by atoms with Crippen LogP contribution in [0.3, 0.4) is 0 Å². The van der Waals surface area contributed by atoms with E-state index in [-0.39, 0.29) is 0 Å². The molecule has 0 atom stereocenters. The van der Waals surface area contributed by atoms with E-state index in [1.54, 1.807) is 18.6 Å². The Morgan fingerprint density at radius 1 is 1.32 bits per heavy atom. The molecular formula is C16H18N4OS. The van der Waals surface area contributed by atoms with E-state index in [0.29, 0.717) is 18.3 Å². The molecule has 22 heavy (non-hydrogen) atoms. The molecule has 0 amide bonds. The van der Waals surface area contributed by atoms with E-state index in [4.69, 9.17) is 17.0 Å². The smallest absolute Gasteiger partial charge is 0.187 e. The number of hydrogen-bond donors (Lipinski definition) is 2. The number of benzene rings is 1. The third-order valence-electron chi connectivity index (χ3n) is 2.75. The zero-order chi connectivity index (χ0) is 15.6. The van der Waals surface area contributed by atoms with Gasteiger partial charge in [-0.1, -0.05) is 18.2 Å². The molecule has 0 spiro atoms. The lowest BCUT2D eigenvalue weighted by Gasteiger charge is -2.08. The quantitative estimate of drug-likeness (QED) is 0.487. The molecule has 0 bridgehead atoms. The number of hydrogen-bond acceptors (Lipinski definition) is 4. The van der Waals surface area contributed by atoms with Gasteiger partial charge < -0.3 is 10.1 Å². The molecule has 0 aliphatic carbocycles. The number of hydrazone groups is 1. The Balaban J connectivity index is 1.74. The molecule has 1 aromatic carbocycles. The molecule has 2 rings (SSSR count). The van der Waals surface area contributed by atoms with Gasteiger partial charge in [-0.25, -0.2) is 0 Å². The molecule has 6 heteroatoms. The predicted molar refractivity (Wildman–Crippen MR) is 92.0 cm³/mol. The number of nitrogens with one attached hydrogen (secondary N) is 2. The average Bonchev–Trinajstić information content (AvgIpc) is 2.55. The first-order chi connectivity index (χ1) is 10.8. The van der Waals surface area contributed by atoms with E-state index in [1.165, 1.54) is 0 Å².